The van der Waals surface area contributed by atoms with E-state index in [1.165, 1.54) is 46.2 Å². The first-order chi connectivity index (χ1) is 59.6. The number of hydrogen-bond acceptors (Lipinski definition) is 27. The minimum absolute atomic E-state index is 0.0169. The smallest absolute Gasteiger partial charge is 0.231 e. The summed E-state index contributed by atoms with van der Waals surface area (Å²) in [5, 5.41) is 44.7. The number of piperidine rings is 2. The van der Waals surface area contributed by atoms with Crippen LogP contribution in [0, 0.1) is 20.8 Å². The van der Waals surface area contributed by atoms with Crippen molar-refractivity contribution in [3.05, 3.63) is 161 Å². The molecule has 1 aliphatic carbocycles. The Morgan fingerprint density at radius 2 is 0.704 bits per heavy atom. The number of fused-ring (bicyclic) bond motifs is 3. The number of aromatic nitrogens is 12. The highest BCUT2D eigenvalue weighted by Crippen LogP contribution is 2.45. The molecule has 3 fully saturated rings. The van der Waals surface area contributed by atoms with Crippen molar-refractivity contribution in [2.24, 2.45) is 0 Å². The molecule has 0 amide bonds. The number of sulfone groups is 3. The molecule has 6 aromatic heterocycles. The Hall–Kier alpha value is -11.1. The second-order valence-electron chi connectivity index (χ2n) is 34.4. The second-order valence-corrected chi connectivity index (χ2v) is 41.8. The Bertz CT molecular complexity index is 6130. The maximum atomic E-state index is 13.1. The number of benzene rings is 6. The van der Waals surface area contributed by atoms with Crippen LogP contribution in [0.15, 0.2) is 142 Å². The Balaban J connectivity index is 0.000000161. The summed E-state index contributed by atoms with van der Waals surface area (Å²) < 4.78 is 97.3. The molecule has 666 valence electrons. The molecule has 6 aromatic carbocycles. The Morgan fingerprint density at radius 3 is 1.00 bits per heavy atom. The fourth-order valence-electron chi connectivity index (χ4n) is 16.3. The van der Waals surface area contributed by atoms with Crippen molar-refractivity contribution in [2.45, 2.75) is 235 Å². The van der Waals surface area contributed by atoms with Crippen LogP contribution in [0.4, 0.5) is 69.4 Å². The standard InChI is InChI=1S/C32H43N7O3S.C31H41N7O3S.C29H37N7O3S/c1-19(2)42-28-17-24(22-12-14-23(15-13-22)39(6)7)21(5)16-27(28)35-32-36-30(25-18-33-38-31(25)37-32)34-26-10-8-9-11-29(26)43(40,41)20(3)4;1-7-38-14-12-22(13-15-38)23-17-27(41-19(2)3)26(16-21(23)6)34-31-35-29(24-18-32-37-30(24)36-31)33-25-10-8-9-11-28(25)42(39,40)20(4)5;1-17(2)39-25-15-21(20-10-12-30-13-11-20)19(5)14-24(25)33-29-34-27(22-16-31-36-28(22)35-29)32-23-8-6-7-9-26(23)40(37,38)18(3)4/h8-11,16-20,22-23H,12-15H2,1-7H3,(H3,33,34,35,36,37,38);8-11,16-20,22H,7,12-15H2,1-6H3,(H3,32,33,34,35,36,37);6-9,14-18,20,30H,10-13H2,1-5H3,(H3,31,32,33,34,35,36). The Morgan fingerprint density at radius 1 is 0.400 bits per heavy atom. The summed E-state index contributed by atoms with van der Waals surface area (Å²) in [6, 6.07) is 34.0. The maximum Gasteiger partial charge on any atom is 0.231 e. The summed E-state index contributed by atoms with van der Waals surface area (Å²) in [4.78, 5) is 33.7. The van der Waals surface area contributed by atoms with Crippen molar-refractivity contribution in [1.29, 1.82) is 0 Å². The molecule has 2 aliphatic heterocycles. The molecule has 0 spiro atoms. The van der Waals surface area contributed by atoms with E-state index in [9.17, 15) is 25.3 Å². The van der Waals surface area contributed by atoms with Crippen molar-refractivity contribution < 1.29 is 39.5 Å². The van der Waals surface area contributed by atoms with Gasteiger partial charge < -0.3 is 61.2 Å². The summed E-state index contributed by atoms with van der Waals surface area (Å²) >= 11 is 0. The van der Waals surface area contributed by atoms with Gasteiger partial charge in [-0.15, -0.1) is 0 Å². The maximum absolute atomic E-state index is 13.1. The number of likely N-dealkylation sites (tertiary alicyclic amines) is 1. The molecule has 0 bridgehead atoms. The molecule has 30 nitrogen and oxygen atoms in total. The monoisotopic (exact) mass is 1760 g/mol. The van der Waals surface area contributed by atoms with Crippen LogP contribution >= 0.6 is 0 Å². The predicted octanol–water partition coefficient (Wildman–Crippen LogP) is 18.6. The zero-order valence-corrected chi connectivity index (χ0v) is 77.4. The van der Waals surface area contributed by atoms with Gasteiger partial charge in [0.1, 0.15) is 34.7 Å². The van der Waals surface area contributed by atoms with Crippen LogP contribution in [0.5, 0.6) is 17.2 Å². The molecule has 125 heavy (non-hydrogen) atoms. The van der Waals surface area contributed by atoms with E-state index in [0.29, 0.717) is 109 Å². The number of hydrogen-bond donors (Lipinski definition) is 10. The van der Waals surface area contributed by atoms with Crippen LogP contribution in [-0.4, -0.2) is 182 Å². The van der Waals surface area contributed by atoms with E-state index in [4.69, 9.17) is 29.2 Å². The quantitative estimate of drug-likeness (QED) is 0.0208. The number of aryl methyl sites for hydroxylation is 3. The van der Waals surface area contributed by atoms with Gasteiger partial charge in [-0.2, -0.15) is 45.2 Å². The highest BCUT2D eigenvalue weighted by molar-refractivity contribution is 7.92. The lowest BCUT2D eigenvalue weighted by atomic mass is 9.80. The molecule has 1 saturated carbocycles. The van der Waals surface area contributed by atoms with Crippen LogP contribution in [0.25, 0.3) is 33.1 Å². The van der Waals surface area contributed by atoms with Gasteiger partial charge in [-0.05, 0) is 326 Å². The van der Waals surface area contributed by atoms with Crippen LogP contribution in [0.1, 0.15) is 193 Å². The number of H-pyrrole nitrogens is 3. The van der Waals surface area contributed by atoms with E-state index >= 15 is 0 Å². The first-order valence-corrected chi connectivity index (χ1v) is 48.0. The van der Waals surface area contributed by atoms with Crippen LogP contribution in [0.3, 0.4) is 0 Å². The van der Waals surface area contributed by atoms with Crippen molar-refractivity contribution >= 4 is 132 Å². The van der Waals surface area contributed by atoms with Crippen molar-refractivity contribution in [1.82, 2.24) is 75.6 Å². The van der Waals surface area contributed by atoms with Gasteiger partial charge >= 0.3 is 0 Å². The van der Waals surface area contributed by atoms with Gasteiger partial charge in [0.2, 0.25) is 17.8 Å². The van der Waals surface area contributed by atoms with Gasteiger partial charge in [0, 0.05) is 6.04 Å². The largest absolute Gasteiger partial charge is 0.489 e. The fraction of sp³-hybridized carbons (Fsp3) is 0.446. The van der Waals surface area contributed by atoms with Crippen LogP contribution < -0.4 is 51.4 Å². The van der Waals surface area contributed by atoms with Gasteiger partial charge in [0.25, 0.3) is 0 Å². The summed E-state index contributed by atoms with van der Waals surface area (Å²) in [5.74, 6) is 6.00. The molecule has 0 atom stereocenters. The summed E-state index contributed by atoms with van der Waals surface area (Å²) in [7, 11) is -6.25. The van der Waals surface area contributed by atoms with E-state index in [1.807, 2.05) is 41.5 Å². The minimum Gasteiger partial charge on any atom is -0.489 e. The number of ether oxygens (including phenoxy) is 3. The lowest BCUT2D eigenvalue weighted by Crippen LogP contribution is -2.32. The number of aromatic amines is 3. The number of anilines is 12. The first-order valence-electron chi connectivity index (χ1n) is 43.4. The molecular weight excluding hydrogens is 1640 g/mol. The first kappa shape index (κ1) is 91.6. The molecule has 15 rings (SSSR count). The summed E-state index contributed by atoms with van der Waals surface area (Å²) in [6.07, 6.45) is 13.9. The number of nitrogens with one attached hydrogen (secondary N) is 10. The fourth-order valence-corrected chi connectivity index (χ4v) is 19.9. The molecule has 0 unspecified atom stereocenters. The lowest BCUT2D eigenvalue weighted by Gasteiger charge is -2.33. The van der Waals surface area contributed by atoms with E-state index < -0.39 is 45.3 Å². The normalized spacial score (nSPS) is 15.8. The lowest BCUT2D eigenvalue weighted by molar-refractivity contribution is 0.215. The molecule has 0 radical (unpaired) electrons. The highest BCUT2D eigenvalue weighted by Gasteiger charge is 2.32. The topological polar surface area (TPSA) is 384 Å². The van der Waals surface area contributed by atoms with E-state index in [-0.39, 0.29) is 33.0 Å². The van der Waals surface area contributed by atoms with E-state index in [0.717, 1.165) is 106 Å². The van der Waals surface area contributed by atoms with Crippen LogP contribution in [-0.2, 0) is 29.5 Å². The average Bonchev–Trinajstić information content (AvgIpc) is 1.77. The van der Waals surface area contributed by atoms with Gasteiger partial charge in [0.15, 0.2) is 46.5 Å². The molecule has 10 N–H and O–H groups in total. The Labute approximate surface area is 734 Å². The second kappa shape index (κ2) is 39.6. The molecule has 12 aromatic rings. The van der Waals surface area contributed by atoms with Crippen LogP contribution in [0.2, 0.25) is 0 Å². The van der Waals surface area contributed by atoms with E-state index in [1.54, 1.807) is 133 Å². The SMILES string of the molecule is CCN1CCC(c2cc(OC(C)C)c(Nc3nc(Nc4ccccc4S(=O)(=O)C(C)C)c4cn[nH]c4n3)cc2C)CC1.Cc1cc(Nc2nc(Nc3ccccc3S(=O)(=O)C(C)C)c3cn[nH]c3n2)c(OC(C)C)cc1C1CCC(N(C)C)CC1.Cc1cc(Nc2nc(Nc3ccccc3S(=O)(=O)C(C)C)c3cn[nH]c3n2)c(OC(C)C)cc1C1CCNCC1. The van der Waals surface area contributed by atoms with Gasteiger partial charge in [-0.25, -0.2) is 25.3 Å². The van der Waals surface area contributed by atoms with Gasteiger partial charge in [-0.1, -0.05) is 43.3 Å². The predicted molar refractivity (Wildman–Crippen MR) is 499 cm³/mol. The summed E-state index contributed by atoms with van der Waals surface area (Å²) in [6.45, 7) is 36.1. The number of nitrogens with zero attached hydrogens (tertiary/aromatic N) is 11. The molecular formula is C92H121N21O9S3. The molecule has 2 saturated heterocycles. The zero-order chi connectivity index (χ0) is 89.3. The zero-order valence-electron chi connectivity index (χ0n) is 74.9. The van der Waals surface area contributed by atoms with Crippen molar-refractivity contribution in [3.8, 4) is 17.2 Å². The third-order valence-electron chi connectivity index (χ3n) is 23.2. The molecule has 3 aliphatic rings. The Kier molecular flexibility index (Phi) is 29.0. The summed E-state index contributed by atoms with van der Waals surface area (Å²) in [5.41, 5.74) is 12.7. The third kappa shape index (κ3) is 21.5. The number of rotatable bonds is 29. The van der Waals surface area contributed by atoms with Crippen molar-refractivity contribution in [2.75, 3.05) is 78.7 Å². The average molecular weight is 1760 g/mol. The molecule has 8 heterocycles. The minimum atomic E-state index is -3.53. The third-order valence-corrected chi connectivity index (χ3v) is 29.8. The highest BCUT2D eigenvalue weighted by atomic mass is 32.2. The number of para-hydroxylation sites is 3. The van der Waals surface area contributed by atoms with Gasteiger partial charge in [0.05, 0.1) is 118 Å². The molecule has 33 heteroatoms. The van der Waals surface area contributed by atoms with Crippen molar-refractivity contribution in [3.63, 3.8) is 0 Å². The van der Waals surface area contributed by atoms with Gasteiger partial charge in [-0.3, -0.25) is 15.3 Å². The van der Waals surface area contributed by atoms with E-state index in [2.05, 4.69) is 171 Å².